The van der Waals surface area contributed by atoms with Crippen molar-refractivity contribution in [1.29, 1.82) is 0 Å². The van der Waals surface area contributed by atoms with Gasteiger partial charge in [-0.05, 0) is 63.0 Å². The number of benzene rings is 2. The topological polar surface area (TPSA) is 62.0 Å². The normalized spacial score (nSPS) is 10.9. The molecule has 0 saturated heterocycles. The zero-order valence-electron chi connectivity index (χ0n) is 12.7. The molecule has 3 aromatic rings. The molecule has 1 aromatic heterocycles. The van der Waals surface area contributed by atoms with Crippen LogP contribution in [0.15, 0.2) is 44.1 Å². The maximum absolute atomic E-state index is 13.9. The lowest BCUT2D eigenvalue weighted by atomic mass is 10.1. The molecule has 3 rings (SSSR count). The molecule has 0 atom stereocenters. The number of aromatic nitrogens is 1. The van der Waals surface area contributed by atoms with E-state index in [2.05, 4.69) is 42.2 Å². The second-order valence-electron chi connectivity index (χ2n) is 5.29. The van der Waals surface area contributed by atoms with Crippen LogP contribution in [0.1, 0.15) is 17.3 Å². The largest absolute Gasteiger partial charge is 0.340 e. The Balaban J connectivity index is 2.30. The summed E-state index contributed by atoms with van der Waals surface area (Å²) in [4.78, 5) is 27.8. The molecule has 0 fully saturated rings. The molecule has 25 heavy (non-hydrogen) atoms. The highest BCUT2D eigenvalue weighted by molar-refractivity contribution is 9.11. The Morgan fingerprint density at radius 3 is 2.44 bits per heavy atom. The number of anilines is 2. The van der Waals surface area contributed by atoms with E-state index in [1.54, 1.807) is 12.1 Å². The van der Waals surface area contributed by atoms with E-state index < -0.39 is 22.8 Å². The molecule has 0 spiro atoms. The van der Waals surface area contributed by atoms with Crippen LogP contribution in [0.25, 0.3) is 10.9 Å². The SMILES string of the molecule is CC(=O)c1c(Nc2ccc(F)cc2F)[nH]c2c(Br)ccc(Br)c2c1=O. The van der Waals surface area contributed by atoms with Crippen LogP contribution in [0.5, 0.6) is 0 Å². The van der Waals surface area contributed by atoms with Crippen molar-refractivity contribution < 1.29 is 13.6 Å². The second kappa shape index (κ2) is 6.68. The molecule has 0 aliphatic carbocycles. The molecule has 8 heteroatoms. The molecule has 0 bridgehead atoms. The Hall–Kier alpha value is -2.06. The maximum atomic E-state index is 13.9. The minimum Gasteiger partial charge on any atom is -0.340 e. The van der Waals surface area contributed by atoms with Gasteiger partial charge in [0.2, 0.25) is 5.43 Å². The quantitative estimate of drug-likeness (QED) is 0.511. The van der Waals surface area contributed by atoms with E-state index in [9.17, 15) is 18.4 Å². The van der Waals surface area contributed by atoms with Gasteiger partial charge in [-0.1, -0.05) is 0 Å². The Morgan fingerprint density at radius 1 is 1.12 bits per heavy atom. The van der Waals surface area contributed by atoms with Gasteiger partial charge in [-0.3, -0.25) is 9.59 Å². The highest BCUT2D eigenvalue weighted by Crippen LogP contribution is 2.30. The molecule has 1 heterocycles. The van der Waals surface area contributed by atoms with Crippen molar-refractivity contribution in [2.24, 2.45) is 0 Å². The van der Waals surface area contributed by atoms with Gasteiger partial charge >= 0.3 is 0 Å². The van der Waals surface area contributed by atoms with Crippen LogP contribution in [0.3, 0.4) is 0 Å². The van der Waals surface area contributed by atoms with E-state index >= 15 is 0 Å². The van der Waals surface area contributed by atoms with E-state index in [-0.39, 0.29) is 17.1 Å². The van der Waals surface area contributed by atoms with Crippen LogP contribution in [-0.2, 0) is 0 Å². The van der Waals surface area contributed by atoms with Crippen molar-refractivity contribution in [1.82, 2.24) is 4.98 Å². The standard InChI is InChI=1S/C17H10Br2F2N2O2/c1-7(24)13-16(25)14-9(18)3-4-10(19)15(14)23-17(13)22-12-5-2-8(20)6-11(12)21/h2-6H,1H3,(H2,22,23,25). The first-order valence-electron chi connectivity index (χ1n) is 7.06. The van der Waals surface area contributed by atoms with Gasteiger partial charge in [0.15, 0.2) is 5.78 Å². The Morgan fingerprint density at radius 2 is 1.80 bits per heavy atom. The predicted molar refractivity (Wildman–Crippen MR) is 99.6 cm³/mol. The maximum Gasteiger partial charge on any atom is 0.203 e. The van der Waals surface area contributed by atoms with E-state index in [1.165, 1.54) is 13.0 Å². The third-order valence-electron chi connectivity index (χ3n) is 3.60. The van der Waals surface area contributed by atoms with E-state index in [4.69, 9.17) is 0 Å². The summed E-state index contributed by atoms with van der Waals surface area (Å²) in [5, 5.41) is 2.97. The van der Waals surface area contributed by atoms with Crippen LogP contribution in [0.4, 0.5) is 20.3 Å². The van der Waals surface area contributed by atoms with Gasteiger partial charge in [-0.15, -0.1) is 0 Å². The summed E-state index contributed by atoms with van der Waals surface area (Å²) in [6.07, 6.45) is 0. The molecule has 2 aromatic carbocycles. The number of H-pyrrole nitrogens is 1. The molecule has 0 unspecified atom stereocenters. The number of aromatic amines is 1. The molecule has 0 aliphatic heterocycles. The van der Waals surface area contributed by atoms with E-state index in [1.807, 2.05) is 0 Å². The van der Waals surface area contributed by atoms with E-state index in [0.717, 1.165) is 6.07 Å². The monoisotopic (exact) mass is 470 g/mol. The summed E-state index contributed by atoms with van der Waals surface area (Å²) in [6.45, 7) is 1.24. The zero-order valence-corrected chi connectivity index (χ0v) is 15.9. The van der Waals surface area contributed by atoms with Crippen LogP contribution in [0, 0.1) is 11.6 Å². The third kappa shape index (κ3) is 3.23. The zero-order chi connectivity index (χ0) is 18.3. The molecule has 4 nitrogen and oxygen atoms in total. The first-order valence-corrected chi connectivity index (χ1v) is 8.65. The average molecular weight is 472 g/mol. The van der Waals surface area contributed by atoms with Gasteiger partial charge < -0.3 is 10.3 Å². The predicted octanol–water partition coefficient (Wildman–Crippen LogP) is 5.28. The summed E-state index contributed by atoms with van der Waals surface area (Å²) in [5.74, 6) is -2.02. The number of hydrogen-bond donors (Lipinski definition) is 2. The first-order chi connectivity index (χ1) is 11.8. The van der Waals surface area contributed by atoms with Crippen molar-refractivity contribution in [3.05, 3.63) is 66.7 Å². The number of hydrogen-bond acceptors (Lipinski definition) is 3. The molecule has 0 aliphatic rings. The van der Waals surface area contributed by atoms with Crippen molar-refractivity contribution in [2.45, 2.75) is 6.92 Å². The second-order valence-corrected chi connectivity index (χ2v) is 7.00. The molecule has 0 amide bonds. The van der Waals surface area contributed by atoms with Gasteiger partial charge in [-0.2, -0.15) is 0 Å². The minimum atomic E-state index is -0.844. The first kappa shape index (κ1) is 17.8. The van der Waals surface area contributed by atoms with Crippen molar-refractivity contribution in [2.75, 3.05) is 5.32 Å². The number of rotatable bonds is 3. The molecule has 0 saturated carbocycles. The van der Waals surface area contributed by atoms with Crippen LogP contribution in [-0.4, -0.2) is 10.8 Å². The van der Waals surface area contributed by atoms with E-state index in [0.29, 0.717) is 25.9 Å². The molecular weight excluding hydrogens is 462 g/mol. The minimum absolute atomic E-state index is 0.0364. The number of Topliss-reactive ketones (excluding diaryl/α,β-unsaturated/α-hetero) is 1. The summed E-state index contributed by atoms with van der Waals surface area (Å²) in [7, 11) is 0. The smallest absolute Gasteiger partial charge is 0.203 e. The molecule has 0 radical (unpaired) electrons. The van der Waals surface area contributed by atoms with Gasteiger partial charge in [0.1, 0.15) is 23.0 Å². The fourth-order valence-corrected chi connectivity index (χ4v) is 3.42. The summed E-state index contributed by atoms with van der Waals surface area (Å²) in [6, 6.07) is 6.37. The number of fused-ring (bicyclic) bond motifs is 1. The molecular formula is C17H10Br2F2N2O2. The molecule has 128 valence electrons. The van der Waals surface area contributed by atoms with Crippen molar-refractivity contribution in [3.63, 3.8) is 0 Å². The fourth-order valence-electron chi connectivity index (χ4n) is 2.48. The number of carbonyl (C=O) groups excluding carboxylic acids is 1. The Kier molecular flexibility index (Phi) is 4.75. The number of ketones is 1. The lowest BCUT2D eigenvalue weighted by Gasteiger charge is -2.14. The van der Waals surface area contributed by atoms with Crippen molar-refractivity contribution in [3.8, 4) is 0 Å². The number of halogens is 4. The van der Waals surface area contributed by atoms with Crippen molar-refractivity contribution >= 4 is 60.1 Å². The highest BCUT2D eigenvalue weighted by Gasteiger charge is 2.20. The fraction of sp³-hybridized carbons (Fsp3) is 0.0588. The number of pyridine rings is 1. The van der Waals surface area contributed by atoms with Gasteiger partial charge in [0, 0.05) is 15.0 Å². The highest BCUT2D eigenvalue weighted by atomic mass is 79.9. The van der Waals surface area contributed by atoms with Gasteiger partial charge in [0.25, 0.3) is 0 Å². The number of carbonyl (C=O) groups is 1. The average Bonchev–Trinajstić information content (AvgIpc) is 2.53. The van der Waals surface area contributed by atoms with Gasteiger partial charge in [0.05, 0.1) is 16.6 Å². The lowest BCUT2D eigenvalue weighted by Crippen LogP contribution is -2.18. The molecule has 2 N–H and O–H groups in total. The number of nitrogens with one attached hydrogen (secondary N) is 2. The summed E-state index contributed by atoms with van der Waals surface area (Å²) in [5.41, 5.74) is -0.270. The Labute approximate surface area is 157 Å². The summed E-state index contributed by atoms with van der Waals surface area (Å²) >= 11 is 6.64. The van der Waals surface area contributed by atoms with Gasteiger partial charge in [-0.25, -0.2) is 8.78 Å². The van der Waals surface area contributed by atoms with Crippen LogP contribution < -0.4 is 10.7 Å². The van der Waals surface area contributed by atoms with Crippen LogP contribution in [0.2, 0.25) is 0 Å². The summed E-state index contributed by atoms with van der Waals surface area (Å²) < 4.78 is 28.1. The van der Waals surface area contributed by atoms with Crippen LogP contribution >= 0.6 is 31.9 Å². The Bertz CT molecular complexity index is 1080. The third-order valence-corrected chi connectivity index (χ3v) is 4.92. The lowest BCUT2D eigenvalue weighted by molar-refractivity contribution is 0.101.